The van der Waals surface area contributed by atoms with Crippen LogP contribution in [0.1, 0.15) is 37.3 Å². The maximum atomic E-state index is 11.9. The van der Waals surface area contributed by atoms with Crippen molar-refractivity contribution in [1.82, 2.24) is 9.55 Å². The van der Waals surface area contributed by atoms with E-state index < -0.39 is 6.09 Å². The number of aromatic nitrogens is 2. The standard InChI is InChI=1S/C16H18N2O2/c1-11-3-4-13-9-14(5-6-15(13)12(11)2)20-16(19)18-8-7-17-10-18/h5-12H,3-4H2,1-2H3. The van der Waals surface area contributed by atoms with Gasteiger partial charge in [-0.2, -0.15) is 0 Å². The molecule has 0 fully saturated rings. The van der Waals surface area contributed by atoms with Crippen LogP contribution in [0.4, 0.5) is 4.79 Å². The molecule has 1 aliphatic rings. The molecule has 2 unspecified atom stereocenters. The van der Waals surface area contributed by atoms with Gasteiger partial charge in [0.1, 0.15) is 12.1 Å². The van der Waals surface area contributed by atoms with E-state index in [1.807, 2.05) is 12.1 Å². The highest BCUT2D eigenvalue weighted by Gasteiger charge is 2.23. The summed E-state index contributed by atoms with van der Waals surface area (Å²) in [5, 5.41) is 0. The fourth-order valence-electron chi connectivity index (χ4n) is 2.77. The molecule has 0 aliphatic heterocycles. The van der Waals surface area contributed by atoms with Crippen molar-refractivity contribution in [2.24, 2.45) is 5.92 Å². The lowest BCUT2D eigenvalue weighted by Gasteiger charge is -2.28. The molecule has 4 heteroatoms. The first kappa shape index (κ1) is 12.9. The summed E-state index contributed by atoms with van der Waals surface area (Å²) in [7, 11) is 0. The average molecular weight is 270 g/mol. The second kappa shape index (κ2) is 5.12. The van der Waals surface area contributed by atoms with Crippen molar-refractivity contribution in [1.29, 1.82) is 0 Å². The van der Waals surface area contributed by atoms with E-state index in [4.69, 9.17) is 4.74 Å². The van der Waals surface area contributed by atoms with Crippen LogP contribution in [0.3, 0.4) is 0 Å². The van der Waals surface area contributed by atoms with Crippen molar-refractivity contribution in [3.05, 3.63) is 48.0 Å². The summed E-state index contributed by atoms with van der Waals surface area (Å²) in [6.07, 6.45) is 6.37. The summed E-state index contributed by atoms with van der Waals surface area (Å²) in [4.78, 5) is 15.7. The molecule has 4 nitrogen and oxygen atoms in total. The number of fused-ring (bicyclic) bond motifs is 1. The Morgan fingerprint density at radius 1 is 1.40 bits per heavy atom. The molecule has 1 aromatic heterocycles. The van der Waals surface area contributed by atoms with Crippen LogP contribution >= 0.6 is 0 Å². The van der Waals surface area contributed by atoms with E-state index in [1.165, 1.54) is 28.4 Å². The van der Waals surface area contributed by atoms with Gasteiger partial charge in [-0.25, -0.2) is 14.3 Å². The van der Waals surface area contributed by atoms with Gasteiger partial charge < -0.3 is 4.74 Å². The van der Waals surface area contributed by atoms with Crippen molar-refractivity contribution in [2.75, 3.05) is 0 Å². The van der Waals surface area contributed by atoms with Crippen LogP contribution < -0.4 is 4.74 Å². The van der Waals surface area contributed by atoms with E-state index in [2.05, 4.69) is 24.9 Å². The van der Waals surface area contributed by atoms with Crippen LogP contribution in [0.25, 0.3) is 0 Å². The van der Waals surface area contributed by atoms with Crippen LogP contribution in [0.15, 0.2) is 36.9 Å². The molecule has 1 aliphatic carbocycles. The quantitative estimate of drug-likeness (QED) is 0.795. The predicted octanol–water partition coefficient (Wildman–Crippen LogP) is 3.62. The molecule has 0 N–H and O–H groups in total. The summed E-state index contributed by atoms with van der Waals surface area (Å²) in [6, 6.07) is 5.96. The lowest BCUT2D eigenvalue weighted by atomic mass is 9.77. The third-order valence-corrected chi connectivity index (χ3v) is 4.25. The van der Waals surface area contributed by atoms with Gasteiger partial charge in [-0.05, 0) is 47.9 Å². The molecular formula is C16H18N2O2. The minimum Gasteiger partial charge on any atom is -0.410 e. The second-order valence-corrected chi connectivity index (χ2v) is 5.50. The summed E-state index contributed by atoms with van der Waals surface area (Å²) in [6.45, 7) is 4.56. The van der Waals surface area contributed by atoms with Crippen molar-refractivity contribution in [3.63, 3.8) is 0 Å². The lowest BCUT2D eigenvalue weighted by molar-refractivity contribution is 0.202. The van der Waals surface area contributed by atoms with Crippen molar-refractivity contribution >= 4 is 6.09 Å². The van der Waals surface area contributed by atoms with Gasteiger partial charge in [-0.3, -0.25) is 0 Å². The van der Waals surface area contributed by atoms with E-state index >= 15 is 0 Å². The Hall–Kier alpha value is -2.10. The first-order valence-electron chi connectivity index (χ1n) is 6.98. The molecule has 0 saturated carbocycles. The highest BCUT2D eigenvalue weighted by Crippen LogP contribution is 2.37. The Kier molecular flexibility index (Phi) is 3.30. The van der Waals surface area contributed by atoms with Crippen LogP contribution in [-0.4, -0.2) is 15.6 Å². The van der Waals surface area contributed by atoms with Gasteiger partial charge in [0.15, 0.2) is 0 Å². The minimum atomic E-state index is -0.431. The van der Waals surface area contributed by atoms with E-state index in [1.54, 1.807) is 12.4 Å². The third-order valence-electron chi connectivity index (χ3n) is 4.25. The molecule has 104 valence electrons. The molecule has 0 radical (unpaired) electrons. The number of hydrogen-bond acceptors (Lipinski definition) is 3. The molecule has 0 bridgehead atoms. The zero-order chi connectivity index (χ0) is 14.1. The Bertz CT molecular complexity index is 619. The number of nitrogens with zero attached hydrogens (tertiary/aromatic N) is 2. The first-order chi connectivity index (χ1) is 9.65. The second-order valence-electron chi connectivity index (χ2n) is 5.50. The summed E-state index contributed by atoms with van der Waals surface area (Å²) < 4.78 is 6.69. The normalized spacial score (nSPS) is 21.3. The van der Waals surface area contributed by atoms with Gasteiger partial charge in [0, 0.05) is 12.4 Å². The zero-order valence-corrected chi connectivity index (χ0v) is 11.7. The molecule has 3 rings (SSSR count). The minimum absolute atomic E-state index is 0.431. The van der Waals surface area contributed by atoms with Gasteiger partial charge in [-0.15, -0.1) is 0 Å². The predicted molar refractivity (Wildman–Crippen MR) is 76.0 cm³/mol. The van der Waals surface area contributed by atoms with Crippen molar-refractivity contribution < 1.29 is 9.53 Å². The molecule has 20 heavy (non-hydrogen) atoms. The number of ether oxygens (including phenoxy) is 1. The Balaban J connectivity index is 1.81. The van der Waals surface area contributed by atoms with E-state index in [0.29, 0.717) is 17.6 Å². The number of carbonyl (C=O) groups excluding carboxylic acids is 1. The Morgan fingerprint density at radius 3 is 3.00 bits per heavy atom. The topological polar surface area (TPSA) is 44.1 Å². The highest BCUT2D eigenvalue weighted by molar-refractivity contribution is 5.73. The number of aryl methyl sites for hydroxylation is 1. The van der Waals surface area contributed by atoms with E-state index in [0.717, 1.165) is 6.42 Å². The lowest BCUT2D eigenvalue weighted by Crippen LogP contribution is -2.17. The Morgan fingerprint density at radius 2 is 2.25 bits per heavy atom. The summed E-state index contributed by atoms with van der Waals surface area (Å²) in [5.74, 6) is 1.88. The molecule has 0 amide bonds. The fourth-order valence-corrected chi connectivity index (χ4v) is 2.77. The number of rotatable bonds is 1. The van der Waals surface area contributed by atoms with Gasteiger partial charge >= 0.3 is 6.09 Å². The summed E-state index contributed by atoms with van der Waals surface area (Å²) >= 11 is 0. The van der Waals surface area contributed by atoms with Gasteiger partial charge in [0.05, 0.1) is 0 Å². The SMILES string of the molecule is CC1CCc2cc(OC(=O)n3ccnc3)ccc2C1C. The number of hydrogen-bond donors (Lipinski definition) is 0. The third kappa shape index (κ3) is 2.33. The number of benzene rings is 1. The molecular weight excluding hydrogens is 252 g/mol. The average Bonchev–Trinajstić information content (AvgIpc) is 2.97. The van der Waals surface area contributed by atoms with Gasteiger partial charge in [0.2, 0.25) is 0 Å². The molecule has 0 saturated heterocycles. The zero-order valence-electron chi connectivity index (χ0n) is 11.7. The monoisotopic (exact) mass is 270 g/mol. The molecule has 2 atom stereocenters. The van der Waals surface area contributed by atoms with Crippen molar-refractivity contribution in [2.45, 2.75) is 32.6 Å². The largest absolute Gasteiger partial charge is 0.424 e. The maximum Gasteiger partial charge on any atom is 0.424 e. The molecule has 0 spiro atoms. The maximum absolute atomic E-state index is 11.9. The van der Waals surface area contributed by atoms with Crippen LogP contribution in [0.2, 0.25) is 0 Å². The van der Waals surface area contributed by atoms with Crippen molar-refractivity contribution in [3.8, 4) is 5.75 Å². The van der Waals surface area contributed by atoms with E-state index in [-0.39, 0.29) is 0 Å². The molecule has 1 heterocycles. The van der Waals surface area contributed by atoms with Crippen LogP contribution in [0.5, 0.6) is 5.75 Å². The first-order valence-corrected chi connectivity index (χ1v) is 6.98. The number of carbonyl (C=O) groups is 1. The number of imidazole rings is 1. The van der Waals surface area contributed by atoms with Crippen LogP contribution in [0, 0.1) is 5.92 Å². The van der Waals surface area contributed by atoms with Gasteiger partial charge in [0.25, 0.3) is 0 Å². The van der Waals surface area contributed by atoms with E-state index in [9.17, 15) is 4.79 Å². The van der Waals surface area contributed by atoms with Gasteiger partial charge in [-0.1, -0.05) is 19.9 Å². The Labute approximate surface area is 118 Å². The fraction of sp³-hybridized carbons (Fsp3) is 0.375. The van der Waals surface area contributed by atoms with Crippen LogP contribution in [-0.2, 0) is 6.42 Å². The highest BCUT2D eigenvalue weighted by atomic mass is 16.6. The molecule has 2 aromatic rings. The smallest absolute Gasteiger partial charge is 0.410 e. The molecule has 1 aromatic carbocycles. The summed E-state index contributed by atoms with van der Waals surface area (Å²) in [5.41, 5.74) is 2.68.